The number of halogens is 1. The molecule has 2 heterocycles. The third-order valence-corrected chi connectivity index (χ3v) is 5.00. The molecule has 1 aromatic heterocycles. The van der Waals surface area contributed by atoms with Crippen LogP contribution in [0.15, 0.2) is 24.3 Å². The second kappa shape index (κ2) is 8.10. The van der Waals surface area contributed by atoms with E-state index in [4.69, 9.17) is 0 Å². The number of aromatic nitrogens is 2. The Morgan fingerprint density at radius 2 is 1.96 bits per heavy atom. The lowest BCUT2D eigenvalue weighted by Gasteiger charge is -2.16. The summed E-state index contributed by atoms with van der Waals surface area (Å²) in [5.74, 6) is 0.1000. The number of hydrogen-bond acceptors (Lipinski definition) is 4. The van der Waals surface area contributed by atoms with E-state index in [0.717, 1.165) is 48.3 Å². The van der Waals surface area contributed by atoms with Gasteiger partial charge in [-0.05, 0) is 37.5 Å². The van der Waals surface area contributed by atoms with Crippen molar-refractivity contribution in [1.29, 1.82) is 0 Å². The third kappa shape index (κ3) is 4.31. The quantitative estimate of drug-likeness (QED) is 0.630. The molecular formula is C19H24ClN5O2. The molecule has 2 aromatic rings. The number of fused-ring (bicyclic) bond motifs is 1. The first kappa shape index (κ1) is 19.4. The number of amides is 2. The molecule has 0 saturated heterocycles. The van der Waals surface area contributed by atoms with Gasteiger partial charge in [0.1, 0.15) is 0 Å². The van der Waals surface area contributed by atoms with Crippen molar-refractivity contribution in [1.82, 2.24) is 20.8 Å². The average Bonchev–Trinajstić information content (AvgIpc) is 3.41. The predicted octanol–water partition coefficient (Wildman–Crippen LogP) is 2.32. The van der Waals surface area contributed by atoms with E-state index in [9.17, 15) is 9.59 Å². The molecule has 2 amide bonds. The standard InChI is InChI=1S/C19H23N5O2.ClH/c1-11(12-4-6-14(7-5-12)22-18(25)13-2-3-13)21-19(26)17-15-10-20-9-8-16(15)23-24-17;/h4-7,11,13,20H,2-3,8-10H2,1H3,(H,21,26)(H,22,25)(H,23,24);1H. The van der Waals surface area contributed by atoms with Gasteiger partial charge in [0.25, 0.3) is 5.91 Å². The Balaban J connectivity index is 0.00000210. The van der Waals surface area contributed by atoms with Crippen molar-refractivity contribution in [3.05, 3.63) is 46.8 Å². The van der Waals surface area contributed by atoms with Crippen molar-refractivity contribution in [2.75, 3.05) is 11.9 Å². The molecule has 144 valence electrons. The zero-order valence-corrected chi connectivity index (χ0v) is 16.0. The molecule has 1 unspecified atom stereocenters. The highest BCUT2D eigenvalue weighted by atomic mass is 35.5. The molecule has 1 aromatic carbocycles. The van der Waals surface area contributed by atoms with E-state index in [1.54, 1.807) is 0 Å². The van der Waals surface area contributed by atoms with Gasteiger partial charge < -0.3 is 16.0 Å². The van der Waals surface area contributed by atoms with Crippen LogP contribution in [-0.2, 0) is 17.8 Å². The van der Waals surface area contributed by atoms with Crippen LogP contribution in [0.3, 0.4) is 0 Å². The average molecular weight is 390 g/mol. The largest absolute Gasteiger partial charge is 0.344 e. The SMILES string of the molecule is CC(NC(=O)c1n[nH]c2c1CNCC2)c1ccc(NC(=O)C2CC2)cc1.Cl. The number of anilines is 1. The lowest BCUT2D eigenvalue weighted by atomic mass is 10.1. The normalized spacial score (nSPS) is 16.6. The van der Waals surface area contributed by atoms with Crippen LogP contribution < -0.4 is 16.0 Å². The molecule has 0 spiro atoms. The lowest BCUT2D eigenvalue weighted by Crippen LogP contribution is -2.30. The van der Waals surface area contributed by atoms with E-state index in [0.29, 0.717) is 12.2 Å². The second-order valence-electron chi connectivity index (χ2n) is 7.04. The second-order valence-corrected chi connectivity index (χ2v) is 7.04. The van der Waals surface area contributed by atoms with Crippen LogP contribution >= 0.6 is 12.4 Å². The first-order valence-electron chi connectivity index (χ1n) is 9.10. The van der Waals surface area contributed by atoms with E-state index in [1.807, 2.05) is 31.2 Å². The smallest absolute Gasteiger partial charge is 0.272 e. The number of carbonyl (C=O) groups excluding carboxylic acids is 2. The lowest BCUT2D eigenvalue weighted by molar-refractivity contribution is -0.117. The fourth-order valence-corrected chi connectivity index (χ4v) is 3.21. The predicted molar refractivity (Wildman–Crippen MR) is 105 cm³/mol. The Kier molecular flexibility index (Phi) is 5.82. The monoisotopic (exact) mass is 389 g/mol. The van der Waals surface area contributed by atoms with Crippen molar-refractivity contribution < 1.29 is 9.59 Å². The summed E-state index contributed by atoms with van der Waals surface area (Å²) in [4.78, 5) is 24.4. The molecule has 7 nitrogen and oxygen atoms in total. The first-order chi connectivity index (χ1) is 12.6. The Bertz CT molecular complexity index is 829. The van der Waals surface area contributed by atoms with E-state index in [1.165, 1.54) is 0 Å². The molecule has 4 N–H and O–H groups in total. The molecule has 27 heavy (non-hydrogen) atoms. The van der Waals surface area contributed by atoms with Gasteiger partial charge in [-0.1, -0.05) is 12.1 Å². The number of nitrogens with one attached hydrogen (secondary N) is 4. The van der Waals surface area contributed by atoms with Gasteiger partial charge in [0, 0.05) is 42.4 Å². The number of hydrogen-bond donors (Lipinski definition) is 4. The Hall–Kier alpha value is -2.38. The molecule has 1 atom stereocenters. The van der Waals surface area contributed by atoms with Gasteiger partial charge in [-0.25, -0.2) is 0 Å². The van der Waals surface area contributed by atoms with Crippen LogP contribution in [0.25, 0.3) is 0 Å². The topological polar surface area (TPSA) is 98.9 Å². The van der Waals surface area contributed by atoms with Gasteiger partial charge in [0.15, 0.2) is 5.69 Å². The summed E-state index contributed by atoms with van der Waals surface area (Å²) in [5.41, 5.74) is 4.23. The summed E-state index contributed by atoms with van der Waals surface area (Å²) < 4.78 is 0. The van der Waals surface area contributed by atoms with E-state index < -0.39 is 0 Å². The molecule has 4 rings (SSSR count). The molecule has 1 saturated carbocycles. The summed E-state index contributed by atoms with van der Waals surface area (Å²) in [7, 11) is 0. The summed E-state index contributed by atoms with van der Waals surface area (Å²) in [6, 6.07) is 7.45. The Labute approximate surface area is 164 Å². The summed E-state index contributed by atoms with van der Waals surface area (Å²) in [5, 5.41) is 16.3. The zero-order chi connectivity index (χ0) is 18.1. The minimum atomic E-state index is -0.176. The minimum Gasteiger partial charge on any atom is -0.344 e. The van der Waals surface area contributed by atoms with Crippen molar-refractivity contribution in [3.63, 3.8) is 0 Å². The minimum absolute atomic E-state index is 0. The van der Waals surface area contributed by atoms with Crippen LogP contribution in [0.2, 0.25) is 0 Å². The van der Waals surface area contributed by atoms with Crippen molar-refractivity contribution in [2.45, 2.75) is 38.8 Å². The number of benzene rings is 1. The summed E-state index contributed by atoms with van der Waals surface area (Å²) >= 11 is 0. The number of aromatic amines is 1. The number of nitrogens with zero attached hydrogens (tertiary/aromatic N) is 1. The van der Waals surface area contributed by atoms with Gasteiger partial charge in [0.05, 0.1) is 6.04 Å². The highest BCUT2D eigenvalue weighted by molar-refractivity contribution is 5.95. The van der Waals surface area contributed by atoms with Gasteiger partial charge >= 0.3 is 0 Å². The molecule has 0 radical (unpaired) electrons. The van der Waals surface area contributed by atoms with E-state index >= 15 is 0 Å². The molecule has 1 fully saturated rings. The van der Waals surface area contributed by atoms with Crippen LogP contribution in [0, 0.1) is 5.92 Å². The maximum Gasteiger partial charge on any atom is 0.272 e. The van der Waals surface area contributed by atoms with Crippen LogP contribution in [0.4, 0.5) is 5.69 Å². The van der Waals surface area contributed by atoms with Gasteiger partial charge in [-0.3, -0.25) is 14.7 Å². The van der Waals surface area contributed by atoms with Gasteiger partial charge in [0.2, 0.25) is 5.91 Å². The van der Waals surface area contributed by atoms with E-state index in [-0.39, 0.29) is 36.2 Å². The summed E-state index contributed by atoms with van der Waals surface area (Å²) in [6.07, 6.45) is 2.83. The molecule has 1 aliphatic heterocycles. The van der Waals surface area contributed by atoms with Crippen LogP contribution in [-0.4, -0.2) is 28.6 Å². The maximum absolute atomic E-state index is 12.6. The Morgan fingerprint density at radius 3 is 2.67 bits per heavy atom. The third-order valence-electron chi connectivity index (χ3n) is 5.00. The maximum atomic E-state index is 12.6. The molecular weight excluding hydrogens is 366 g/mol. The number of rotatable bonds is 5. The van der Waals surface area contributed by atoms with Crippen molar-refractivity contribution >= 4 is 29.9 Å². The highest BCUT2D eigenvalue weighted by Gasteiger charge is 2.29. The Morgan fingerprint density at radius 1 is 1.22 bits per heavy atom. The number of H-pyrrole nitrogens is 1. The van der Waals surface area contributed by atoms with Crippen molar-refractivity contribution in [2.24, 2.45) is 5.92 Å². The first-order valence-corrected chi connectivity index (χ1v) is 9.10. The van der Waals surface area contributed by atoms with Crippen LogP contribution in [0.5, 0.6) is 0 Å². The van der Waals surface area contributed by atoms with Gasteiger partial charge in [-0.2, -0.15) is 5.10 Å². The van der Waals surface area contributed by atoms with Crippen LogP contribution in [0.1, 0.15) is 53.1 Å². The summed E-state index contributed by atoms with van der Waals surface area (Å²) in [6.45, 7) is 3.50. The zero-order valence-electron chi connectivity index (χ0n) is 15.2. The van der Waals surface area contributed by atoms with Crippen molar-refractivity contribution in [3.8, 4) is 0 Å². The molecule has 2 aliphatic rings. The van der Waals surface area contributed by atoms with Gasteiger partial charge in [-0.15, -0.1) is 12.4 Å². The molecule has 1 aliphatic carbocycles. The fraction of sp³-hybridized carbons (Fsp3) is 0.421. The molecule has 8 heteroatoms. The van der Waals surface area contributed by atoms with E-state index in [2.05, 4.69) is 26.1 Å². The fourth-order valence-electron chi connectivity index (χ4n) is 3.21. The molecule has 0 bridgehead atoms. The number of carbonyl (C=O) groups is 2. The highest BCUT2D eigenvalue weighted by Crippen LogP contribution is 2.30.